The molecule has 1 N–H and O–H groups in total. The zero-order chi connectivity index (χ0) is 7.11. The molecule has 0 rings (SSSR count). The second kappa shape index (κ2) is 5.61. The maximum Gasteiger partial charge on any atom is 0.107 e. The topological polar surface area (TPSA) is 29.5 Å². The van der Waals surface area contributed by atoms with Crippen LogP contribution in [0.15, 0.2) is 0 Å². The van der Waals surface area contributed by atoms with Gasteiger partial charge in [0.15, 0.2) is 0 Å². The molecule has 0 heterocycles. The molecular weight excluding hydrogens is 116 g/mol. The summed E-state index contributed by atoms with van der Waals surface area (Å²) in [7, 11) is 0. The van der Waals surface area contributed by atoms with E-state index < -0.39 is 0 Å². The zero-order valence-corrected chi connectivity index (χ0v) is 5.63. The molecular formula is C7H12O2. The summed E-state index contributed by atoms with van der Waals surface area (Å²) in [4.78, 5) is 0. The highest BCUT2D eigenvalue weighted by Crippen LogP contribution is 1.93. The molecule has 0 spiro atoms. The van der Waals surface area contributed by atoms with Crippen LogP contribution in [0.3, 0.4) is 0 Å². The Labute approximate surface area is 55.8 Å². The summed E-state index contributed by atoms with van der Waals surface area (Å²) in [5.41, 5.74) is 0. The Morgan fingerprint density at radius 3 is 2.89 bits per heavy atom. The number of rotatable bonds is 4. The molecule has 0 aliphatic carbocycles. The molecule has 0 amide bonds. The van der Waals surface area contributed by atoms with E-state index in [4.69, 9.17) is 16.3 Å². The van der Waals surface area contributed by atoms with E-state index >= 15 is 0 Å². The Balaban J connectivity index is 3.07. The van der Waals surface area contributed by atoms with Crippen LogP contribution in [0.5, 0.6) is 0 Å². The number of aliphatic hydroxyl groups is 1. The Hall–Kier alpha value is -0.520. The SMILES string of the molecule is C#CCOC(C)CCO. The van der Waals surface area contributed by atoms with E-state index in [1.807, 2.05) is 6.92 Å². The molecule has 2 nitrogen and oxygen atoms in total. The highest BCUT2D eigenvalue weighted by Gasteiger charge is 1.97. The number of ether oxygens (including phenoxy) is 1. The third kappa shape index (κ3) is 5.35. The van der Waals surface area contributed by atoms with Crippen LogP contribution >= 0.6 is 0 Å². The highest BCUT2D eigenvalue weighted by atomic mass is 16.5. The Morgan fingerprint density at radius 1 is 1.78 bits per heavy atom. The lowest BCUT2D eigenvalue weighted by Crippen LogP contribution is -2.09. The monoisotopic (exact) mass is 128 g/mol. The van der Waals surface area contributed by atoms with Gasteiger partial charge in [-0.05, 0) is 13.3 Å². The van der Waals surface area contributed by atoms with Gasteiger partial charge in [-0.1, -0.05) is 5.92 Å². The minimum atomic E-state index is 0.0750. The lowest BCUT2D eigenvalue weighted by Gasteiger charge is -2.07. The molecule has 0 aromatic carbocycles. The first kappa shape index (κ1) is 8.48. The van der Waals surface area contributed by atoms with Gasteiger partial charge in [-0.25, -0.2) is 0 Å². The van der Waals surface area contributed by atoms with Crippen LogP contribution in [-0.4, -0.2) is 24.4 Å². The fourth-order valence-electron chi connectivity index (χ4n) is 0.456. The van der Waals surface area contributed by atoms with Crippen molar-refractivity contribution in [3.63, 3.8) is 0 Å². The largest absolute Gasteiger partial charge is 0.396 e. The van der Waals surface area contributed by atoms with Gasteiger partial charge in [-0.15, -0.1) is 6.42 Å². The third-order valence-electron chi connectivity index (χ3n) is 0.987. The Morgan fingerprint density at radius 2 is 2.44 bits per heavy atom. The van der Waals surface area contributed by atoms with Crippen LogP contribution in [0.2, 0.25) is 0 Å². The maximum atomic E-state index is 8.40. The van der Waals surface area contributed by atoms with Crippen molar-refractivity contribution in [3.05, 3.63) is 0 Å². The second-order valence-corrected chi connectivity index (χ2v) is 1.84. The fourth-order valence-corrected chi connectivity index (χ4v) is 0.456. The lowest BCUT2D eigenvalue weighted by atomic mass is 10.3. The molecule has 1 atom stereocenters. The highest BCUT2D eigenvalue weighted by molar-refractivity contribution is 4.83. The number of hydrogen-bond donors (Lipinski definition) is 1. The zero-order valence-electron chi connectivity index (χ0n) is 5.63. The van der Waals surface area contributed by atoms with Gasteiger partial charge in [0, 0.05) is 6.61 Å². The van der Waals surface area contributed by atoms with Gasteiger partial charge in [0.25, 0.3) is 0 Å². The summed E-state index contributed by atoms with van der Waals surface area (Å²) < 4.78 is 5.04. The quantitative estimate of drug-likeness (QED) is 0.555. The first-order valence-electron chi connectivity index (χ1n) is 2.97. The summed E-state index contributed by atoms with van der Waals surface area (Å²) in [6.07, 6.45) is 5.66. The maximum absolute atomic E-state index is 8.40. The fraction of sp³-hybridized carbons (Fsp3) is 0.714. The first-order valence-corrected chi connectivity index (χ1v) is 2.97. The van der Waals surface area contributed by atoms with Gasteiger partial charge in [0.1, 0.15) is 6.61 Å². The molecule has 0 saturated carbocycles. The van der Waals surface area contributed by atoms with Crippen molar-refractivity contribution in [3.8, 4) is 12.3 Å². The van der Waals surface area contributed by atoms with E-state index in [1.165, 1.54) is 0 Å². The Kier molecular flexibility index (Phi) is 5.29. The summed E-state index contributed by atoms with van der Waals surface area (Å²) in [5.74, 6) is 2.35. The molecule has 9 heavy (non-hydrogen) atoms. The van der Waals surface area contributed by atoms with Crippen LogP contribution in [-0.2, 0) is 4.74 Å². The van der Waals surface area contributed by atoms with Crippen LogP contribution in [0, 0.1) is 12.3 Å². The van der Waals surface area contributed by atoms with Crippen molar-refractivity contribution in [2.45, 2.75) is 19.4 Å². The predicted octanol–water partition coefficient (Wildman–Crippen LogP) is 0.407. The lowest BCUT2D eigenvalue weighted by molar-refractivity contribution is 0.0703. The van der Waals surface area contributed by atoms with Crippen LogP contribution in [0.4, 0.5) is 0 Å². The summed E-state index contributed by atoms with van der Waals surface area (Å²) in [6.45, 7) is 2.38. The summed E-state index contributed by atoms with van der Waals surface area (Å²) >= 11 is 0. The standard InChI is InChI=1S/C7H12O2/c1-3-6-9-7(2)4-5-8/h1,7-8H,4-6H2,2H3. The molecule has 0 aliphatic rings. The van der Waals surface area contributed by atoms with Crippen LogP contribution in [0.1, 0.15) is 13.3 Å². The summed E-state index contributed by atoms with van der Waals surface area (Å²) in [6, 6.07) is 0. The van der Waals surface area contributed by atoms with E-state index in [0.29, 0.717) is 13.0 Å². The average molecular weight is 128 g/mol. The van der Waals surface area contributed by atoms with E-state index in [0.717, 1.165) is 0 Å². The van der Waals surface area contributed by atoms with Crippen molar-refractivity contribution in [2.24, 2.45) is 0 Å². The molecule has 52 valence electrons. The van der Waals surface area contributed by atoms with Crippen LogP contribution < -0.4 is 0 Å². The molecule has 0 bridgehead atoms. The minimum Gasteiger partial charge on any atom is -0.396 e. The van der Waals surface area contributed by atoms with Crippen molar-refractivity contribution >= 4 is 0 Å². The normalized spacial score (nSPS) is 12.6. The number of terminal acetylenes is 1. The molecule has 0 saturated heterocycles. The van der Waals surface area contributed by atoms with Crippen molar-refractivity contribution in [1.29, 1.82) is 0 Å². The molecule has 0 aromatic heterocycles. The first-order chi connectivity index (χ1) is 4.31. The van der Waals surface area contributed by atoms with Crippen molar-refractivity contribution in [2.75, 3.05) is 13.2 Å². The van der Waals surface area contributed by atoms with Gasteiger partial charge in [-0.2, -0.15) is 0 Å². The number of aliphatic hydroxyl groups excluding tert-OH is 1. The number of hydrogen-bond acceptors (Lipinski definition) is 2. The molecule has 0 aromatic rings. The molecule has 0 aliphatic heterocycles. The smallest absolute Gasteiger partial charge is 0.107 e. The molecule has 2 heteroatoms. The second-order valence-electron chi connectivity index (χ2n) is 1.84. The molecule has 0 radical (unpaired) electrons. The van der Waals surface area contributed by atoms with Gasteiger partial charge >= 0.3 is 0 Å². The van der Waals surface area contributed by atoms with Gasteiger partial charge in [0.2, 0.25) is 0 Å². The summed E-state index contributed by atoms with van der Waals surface area (Å²) in [5, 5.41) is 8.40. The van der Waals surface area contributed by atoms with Crippen molar-refractivity contribution < 1.29 is 9.84 Å². The van der Waals surface area contributed by atoms with Crippen molar-refractivity contribution in [1.82, 2.24) is 0 Å². The van der Waals surface area contributed by atoms with Gasteiger partial charge in [-0.3, -0.25) is 0 Å². The van der Waals surface area contributed by atoms with Crippen LogP contribution in [0.25, 0.3) is 0 Å². The van der Waals surface area contributed by atoms with Gasteiger partial charge in [0.05, 0.1) is 6.10 Å². The van der Waals surface area contributed by atoms with E-state index in [2.05, 4.69) is 5.92 Å². The average Bonchev–Trinajstić information content (AvgIpc) is 1.85. The van der Waals surface area contributed by atoms with E-state index in [9.17, 15) is 0 Å². The third-order valence-corrected chi connectivity index (χ3v) is 0.987. The Bertz CT molecular complexity index is 93.6. The molecule has 0 fully saturated rings. The van der Waals surface area contributed by atoms with E-state index in [-0.39, 0.29) is 12.7 Å². The predicted molar refractivity (Wildman–Crippen MR) is 35.9 cm³/mol. The minimum absolute atomic E-state index is 0.0750. The van der Waals surface area contributed by atoms with Gasteiger partial charge < -0.3 is 9.84 Å². The molecule has 1 unspecified atom stereocenters. The van der Waals surface area contributed by atoms with E-state index in [1.54, 1.807) is 0 Å².